The highest BCUT2D eigenvalue weighted by Gasteiger charge is 2.22. The summed E-state index contributed by atoms with van der Waals surface area (Å²) < 4.78 is 0.756. The Bertz CT molecular complexity index is 547. The predicted octanol–water partition coefficient (Wildman–Crippen LogP) is 2.70. The molecule has 0 atom stereocenters. The number of aliphatic imine (C=N–C) groups is 1. The van der Waals surface area contributed by atoms with Gasteiger partial charge < -0.3 is 0 Å². The molecule has 0 saturated heterocycles. The van der Waals surface area contributed by atoms with Crippen LogP contribution in [-0.4, -0.2) is 26.5 Å². The van der Waals surface area contributed by atoms with Gasteiger partial charge in [-0.25, -0.2) is 0 Å². The maximum Gasteiger partial charge on any atom is 0.290 e. The van der Waals surface area contributed by atoms with Crippen LogP contribution >= 0.6 is 23.5 Å². The average Bonchev–Trinajstić information content (AvgIpc) is 2.81. The van der Waals surface area contributed by atoms with E-state index in [0.717, 1.165) is 16.2 Å². The summed E-state index contributed by atoms with van der Waals surface area (Å²) in [6.45, 7) is 0.702. The quantitative estimate of drug-likeness (QED) is 0.625. The van der Waals surface area contributed by atoms with Crippen LogP contribution in [0.2, 0.25) is 0 Å². The zero-order chi connectivity index (χ0) is 13.1. The minimum absolute atomic E-state index is 0.260. The Kier molecular flexibility index (Phi) is 3.82. The number of hydrogen-bond donors (Lipinski definition) is 0. The van der Waals surface area contributed by atoms with Gasteiger partial charge in [-0.15, -0.1) is 0 Å². The van der Waals surface area contributed by atoms with Crippen molar-refractivity contribution in [3.8, 4) is 0 Å². The van der Waals surface area contributed by atoms with Gasteiger partial charge in [-0.1, -0.05) is 23.5 Å². The molecule has 2 rings (SSSR count). The van der Waals surface area contributed by atoms with Gasteiger partial charge >= 0.3 is 0 Å². The second-order valence-electron chi connectivity index (χ2n) is 3.26. The summed E-state index contributed by atoms with van der Waals surface area (Å²) in [5.41, 5.74) is -0.545. The van der Waals surface area contributed by atoms with E-state index >= 15 is 0 Å². The van der Waals surface area contributed by atoms with Gasteiger partial charge in [0.25, 0.3) is 11.4 Å². The second-order valence-corrected chi connectivity index (χ2v) is 5.64. The van der Waals surface area contributed by atoms with Crippen molar-refractivity contribution in [2.45, 2.75) is 4.90 Å². The van der Waals surface area contributed by atoms with E-state index in [9.17, 15) is 20.2 Å². The van der Waals surface area contributed by atoms with Crippen molar-refractivity contribution in [3.63, 3.8) is 0 Å². The van der Waals surface area contributed by atoms with Crippen molar-refractivity contribution in [1.29, 1.82) is 0 Å². The number of non-ortho nitro benzene ring substituents is 1. The van der Waals surface area contributed by atoms with E-state index in [1.165, 1.54) is 35.7 Å². The fraction of sp³-hybridized carbons (Fsp3) is 0.222. The predicted molar refractivity (Wildman–Crippen MR) is 70.4 cm³/mol. The number of benzene rings is 1. The minimum Gasteiger partial charge on any atom is -0.271 e. The Morgan fingerprint density at radius 2 is 2.06 bits per heavy atom. The van der Waals surface area contributed by atoms with E-state index in [2.05, 4.69) is 4.99 Å². The van der Waals surface area contributed by atoms with Gasteiger partial charge in [-0.3, -0.25) is 25.2 Å². The highest BCUT2D eigenvalue weighted by atomic mass is 32.2. The maximum absolute atomic E-state index is 10.9. The monoisotopic (exact) mass is 285 g/mol. The molecule has 1 aromatic carbocycles. The summed E-state index contributed by atoms with van der Waals surface area (Å²) in [5, 5.41) is 21.5. The lowest BCUT2D eigenvalue weighted by Crippen LogP contribution is -1.95. The topological polar surface area (TPSA) is 98.6 Å². The van der Waals surface area contributed by atoms with Gasteiger partial charge in [0.15, 0.2) is 0 Å². The highest BCUT2D eigenvalue weighted by molar-refractivity contribution is 8.39. The molecule has 1 aliphatic heterocycles. The summed E-state index contributed by atoms with van der Waals surface area (Å²) in [7, 11) is 0. The minimum atomic E-state index is -0.650. The van der Waals surface area contributed by atoms with E-state index in [-0.39, 0.29) is 11.4 Å². The number of hydrogen-bond acceptors (Lipinski definition) is 7. The highest BCUT2D eigenvalue weighted by Crippen LogP contribution is 2.36. The van der Waals surface area contributed by atoms with Crippen molar-refractivity contribution in [2.75, 3.05) is 12.3 Å². The molecule has 1 aliphatic rings. The first-order valence-corrected chi connectivity index (χ1v) is 6.66. The SMILES string of the molecule is O=[N+]([O-])c1ccc(SC2=NCCS2)c([N+](=O)[O-])c1. The molecular formula is C9H7N3O4S2. The Balaban J connectivity index is 2.34. The van der Waals surface area contributed by atoms with Crippen LogP contribution in [0.4, 0.5) is 11.4 Å². The molecule has 7 nitrogen and oxygen atoms in total. The molecule has 0 radical (unpaired) electrons. The fourth-order valence-electron chi connectivity index (χ4n) is 1.32. The van der Waals surface area contributed by atoms with Crippen LogP contribution in [0.15, 0.2) is 28.1 Å². The van der Waals surface area contributed by atoms with Crippen LogP contribution in [-0.2, 0) is 0 Å². The number of nitro benzene ring substituents is 2. The van der Waals surface area contributed by atoms with Gasteiger partial charge in [0.2, 0.25) is 0 Å². The van der Waals surface area contributed by atoms with E-state index in [4.69, 9.17) is 0 Å². The molecule has 9 heteroatoms. The van der Waals surface area contributed by atoms with Gasteiger partial charge in [0.05, 0.1) is 27.4 Å². The Labute approximate surface area is 110 Å². The number of nitrogens with zero attached hydrogens (tertiary/aromatic N) is 3. The zero-order valence-electron chi connectivity index (χ0n) is 8.94. The molecule has 18 heavy (non-hydrogen) atoms. The Hall–Kier alpha value is -1.61. The first-order chi connectivity index (χ1) is 8.58. The summed E-state index contributed by atoms with van der Waals surface area (Å²) in [6.07, 6.45) is 0. The van der Waals surface area contributed by atoms with Gasteiger partial charge in [-0.2, -0.15) is 0 Å². The van der Waals surface area contributed by atoms with Gasteiger partial charge in [0, 0.05) is 11.8 Å². The first kappa shape index (κ1) is 12.8. The standard InChI is InChI=1S/C9H7N3O4S2/c13-11(14)6-1-2-8(7(5-6)12(15)16)18-9-10-3-4-17-9/h1-2,5H,3-4H2. The van der Waals surface area contributed by atoms with Gasteiger partial charge in [-0.05, 0) is 6.07 Å². The van der Waals surface area contributed by atoms with Gasteiger partial charge in [0.1, 0.15) is 4.38 Å². The molecule has 94 valence electrons. The molecular weight excluding hydrogens is 278 g/mol. The van der Waals surface area contributed by atoms with E-state index in [1.54, 1.807) is 0 Å². The Morgan fingerprint density at radius 1 is 1.28 bits per heavy atom. The van der Waals surface area contributed by atoms with Crippen LogP contribution in [0.1, 0.15) is 0 Å². The summed E-state index contributed by atoms with van der Waals surface area (Å²) in [6, 6.07) is 3.63. The first-order valence-electron chi connectivity index (χ1n) is 4.86. The molecule has 0 aromatic heterocycles. The molecule has 1 heterocycles. The zero-order valence-corrected chi connectivity index (χ0v) is 10.6. The fourth-order valence-corrected chi connectivity index (χ4v) is 3.33. The van der Waals surface area contributed by atoms with Crippen LogP contribution in [0.3, 0.4) is 0 Å². The van der Waals surface area contributed by atoms with Crippen molar-refractivity contribution < 1.29 is 9.85 Å². The number of thioether (sulfide) groups is 2. The van der Waals surface area contributed by atoms with Crippen molar-refractivity contribution >= 4 is 39.3 Å². The summed E-state index contributed by atoms with van der Waals surface area (Å²) in [4.78, 5) is 24.8. The van der Waals surface area contributed by atoms with Crippen molar-refractivity contribution in [1.82, 2.24) is 0 Å². The molecule has 0 aliphatic carbocycles. The lowest BCUT2D eigenvalue weighted by Gasteiger charge is -2.01. The smallest absolute Gasteiger partial charge is 0.271 e. The number of rotatable bonds is 3. The van der Waals surface area contributed by atoms with E-state index in [0.29, 0.717) is 11.4 Å². The molecule has 0 amide bonds. The molecule has 0 spiro atoms. The summed E-state index contributed by atoms with van der Waals surface area (Å²) in [5.74, 6) is 0.864. The molecule has 1 aromatic rings. The molecule has 0 unspecified atom stereocenters. The molecule has 0 bridgehead atoms. The van der Waals surface area contributed by atoms with Crippen LogP contribution in [0.25, 0.3) is 0 Å². The van der Waals surface area contributed by atoms with Crippen molar-refractivity contribution in [3.05, 3.63) is 38.4 Å². The van der Waals surface area contributed by atoms with E-state index < -0.39 is 9.85 Å². The van der Waals surface area contributed by atoms with Crippen LogP contribution in [0, 0.1) is 20.2 Å². The summed E-state index contributed by atoms with van der Waals surface area (Å²) >= 11 is 2.70. The second kappa shape index (κ2) is 5.36. The lowest BCUT2D eigenvalue weighted by molar-refractivity contribution is -0.396. The normalized spacial score (nSPS) is 14.3. The van der Waals surface area contributed by atoms with Crippen molar-refractivity contribution in [2.24, 2.45) is 4.99 Å². The third-order valence-electron chi connectivity index (χ3n) is 2.11. The molecule has 0 saturated carbocycles. The third-order valence-corrected chi connectivity index (χ3v) is 4.34. The van der Waals surface area contributed by atoms with Crippen LogP contribution in [0.5, 0.6) is 0 Å². The lowest BCUT2D eigenvalue weighted by atomic mass is 10.3. The third kappa shape index (κ3) is 2.79. The average molecular weight is 285 g/mol. The molecule has 0 fully saturated rings. The largest absolute Gasteiger partial charge is 0.290 e. The van der Waals surface area contributed by atoms with E-state index in [1.807, 2.05) is 0 Å². The molecule has 0 N–H and O–H groups in total. The van der Waals surface area contributed by atoms with Crippen LogP contribution < -0.4 is 0 Å². The maximum atomic E-state index is 10.9. The Morgan fingerprint density at radius 3 is 2.61 bits per heavy atom. The number of nitro groups is 2.